The van der Waals surface area contributed by atoms with Crippen molar-refractivity contribution in [3.63, 3.8) is 0 Å². The highest BCUT2D eigenvalue weighted by molar-refractivity contribution is 5.72. The Labute approximate surface area is 70.5 Å². The Morgan fingerprint density at radius 3 is 2.92 bits per heavy atom. The lowest BCUT2D eigenvalue weighted by atomic mass is 10.2. The molecule has 0 fully saturated rings. The number of hydrogen-bond donors (Lipinski definition) is 0. The first kappa shape index (κ1) is 7.16. The Balaban J connectivity index is 2.67. The fraction of sp³-hybridized carbons (Fsp3) is 0.222. The molecule has 2 aromatic heterocycles. The maximum Gasteiger partial charge on any atom is 0.111 e. The summed E-state index contributed by atoms with van der Waals surface area (Å²) in [6.07, 6.45) is 2.62. The van der Waals surface area contributed by atoms with Gasteiger partial charge in [0.1, 0.15) is 5.52 Å². The predicted molar refractivity (Wildman–Crippen MR) is 46.7 cm³/mol. The minimum absolute atomic E-state index is 0.856. The van der Waals surface area contributed by atoms with Crippen molar-refractivity contribution in [1.82, 2.24) is 15.2 Å². The highest BCUT2D eigenvalue weighted by Gasteiger charge is 1.95. The Kier molecular flexibility index (Phi) is 1.70. The summed E-state index contributed by atoms with van der Waals surface area (Å²) >= 11 is 0. The zero-order chi connectivity index (χ0) is 8.39. The van der Waals surface area contributed by atoms with Crippen molar-refractivity contribution >= 4 is 11.0 Å². The molecule has 0 spiro atoms. The van der Waals surface area contributed by atoms with E-state index in [9.17, 15) is 0 Å². The summed E-state index contributed by atoms with van der Waals surface area (Å²) in [6.45, 7) is 2.09. The van der Waals surface area contributed by atoms with Gasteiger partial charge in [-0.2, -0.15) is 5.10 Å². The normalized spacial score (nSPS) is 10.4. The lowest BCUT2D eigenvalue weighted by molar-refractivity contribution is 1.03. The van der Waals surface area contributed by atoms with Gasteiger partial charge in [-0.25, -0.2) is 0 Å². The van der Waals surface area contributed by atoms with Gasteiger partial charge in [-0.05, 0) is 24.6 Å². The lowest BCUT2D eigenvalue weighted by Crippen LogP contribution is -1.89. The van der Waals surface area contributed by atoms with Gasteiger partial charge in [0.2, 0.25) is 0 Å². The summed E-state index contributed by atoms with van der Waals surface area (Å²) in [5.74, 6) is 0. The highest BCUT2D eigenvalue weighted by atomic mass is 15.1. The molecule has 2 heterocycles. The molecule has 0 unspecified atom stereocenters. The molecule has 3 nitrogen and oxygen atoms in total. The first-order chi connectivity index (χ1) is 5.90. The number of fused-ring (bicyclic) bond motifs is 1. The van der Waals surface area contributed by atoms with E-state index in [-0.39, 0.29) is 0 Å². The Bertz CT molecular complexity index is 398. The van der Waals surface area contributed by atoms with Crippen molar-refractivity contribution in [1.29, 1.82) is 0 Å². The molecule has 0 aliphatic heterocycles. The fourth-order valence-corrected chi connectivity index (χ4v) is 1.11. The van der Waals surface area contributed by atoms with Gasteiger partial charge in [0.05, 0.1) is 11.7 Å². The number of rotatable bonds is 1. The molecule has 0 amide bonds. The van der Waals surface area contributed by atoms with Crippen LogP contribution in [0.3, 0.4) is 0 Å². The van der Waals surface area contributed by atoms with Crippen molar-refractivity contribution in [2.24, 2.45) is 0 Å². The topological polar surface area (TPSA) is 38.7 Å². The van der Waals surface area contributed by atoms with Crippen LogP contribution < -0.4 is 0 Å². The van der Waals surface area contributed by atoms with Crippen LogP contribution in [0.1, 0.15) is 12.6 Å². The molecular formula is C9H9N3. The molecule has 12 heavy (non-hydrogen) atoms. The van der Waals surface area contributed by atoms with Crippen molar-refractivity contribution < 1.29 is 0 Å². The summed E-state index contributed by atoms with van der Waals surface area (Å²) < 4.78 is 0. The van der Waals surface area contributed by atoms with Gasteiger partial charge in [-0.3, -0.25) is 4.98 Å². The minimum atomic E-state index is 0.856. The van der Waals surface area contributed by atoms with Crippen LogP contribution in [0.25, 0.3) is 11.0 Å². The van der Waals surface area contributed by atoms with Gasteiger partial charge in [0.15, 0.2) is 0 Å². The van der Waals surface area contributed by atoms with E-state index in [2.05, 4.69) is 22.1 Å². The van der Waals surface area contributed by atoms with Gasteiger partial charge in [0, 0.05) is 5.69 Å². The van der Waals surface area contributed by atoms with Gasteiger partial charge in [-0.1, -0.05) is 6.92 Å². The average molecular weight is 159 g/mol. The van der Waals surface area contributed by atoms with Crippen LogP contribution in [0.15, 0.2) is 24.4 Å². The second-order valence-electron chi connectivity index (χ2n) is 2.59. The zero-order valence-corrected chi connectivity index (χ0v) is 6.86. The molecule has 0 aliphatic rings. The molecule has 0 bridgehead atoms. The van der Waals surface area contributed by atoms with Crippen LogP contribution in [-0.4, -0.2) is 15.2 Å². The van der Waals surface area contributed by atoms with Gasteiger partial charge >= 0.3 is 0 Å². The van der Waals surface area contributed by atoms with Crippen LogP contribution in [0.5, 0.6) is 0 Å². The first-order valence-electron chi connectivity index (χ1n) is 3.97. The second-order valence-corrected chi connectivity index (χ2v) is 2.59. The molecule has 0 aromatic carbocycles. The molecule has 0 aliphatic carbocycles. The van der Waals surface area contributed by atoms with E-state index in [1.165, 1.54) is 0 Å². The maximum atomic E-state index is 4.39. The Hall–Kier alpha value is -1.51. The molecule has 0 saturated carbocycles. The van der Waals surface area contributed by atoms with Crippen LogP contribution in [0.4, 0.5) is 0 Å². The van der Waals surface area contributed by atoms with Gasteiger partial charge in [0.25, 0.3) is 0 Å². The monoisotopic (exact) mass is 159 g/mol. The molecular weight excluding hydrogens is 150 g/mol. The average Bonchev–Trinajstić information content (AvgIpc) is 2.17. The van der Waals surface area contributed by atoms with Crippen LogP contribution in [-0.2, 0) is 6.42 Å². The largest absolute Gasteiger partial charge is 0.251 e. The van der Waals surface area contributed by atoms with Crippen molar-refractivity contribution in [2.45, 2.75) is 13.3 Å². The first-order valence-corrected chi connectivity index (χ1v) is 3.97. The quantitative estimate of drug-likeness (QED) is 0.634. The summed E-state index contributed by atoms with van der Waals surface area (Å²) in [6, 6.07) is 5.81. The van der Waals surface area contributed by atoms with Gasteiger partial charge < -0.3 is 0 Å². The zero-order valence-electron chi connectivity index (χ0n) is 6.86. The lowest BCUT2D eigenvalue weighted by Gasteiger charge is -1.97. The minimum Gasteiger partial charge on any atom is -0.251 e. The summed E-state index contributed by atoms with van der Waals surface area (Å²) in [5.41, 5.74) is 2.87. The third-order valence-electron chi connectivity index (χ3n) is 1.79. The maximum absolute atomic E-state index is 4.39. The van der Waals surface area contributed by atoms with E-state index in [1.54, 1.807) is 6.20 Å². The smallest absolute Gasteiger partial charge is 0.111 e. The number of aryl methyl sites for hydroxylation is 1. The standard InChI is InChI=1S/C9H9N3/c1-2-7-3-4-9-8(11-7)5-6-10-12-9/h3-6H,2H2,1H3. The van der Waals surface area contributed by atoms with Crippen molar-refractivity contribution in [2.75, 3.05) is 0 Å². The van der Waals surface area contributed by atoms with Gasteiger partial charge in [-0.15, -0.1) is 5.10 Å². The van der Waals surface area contributed by atoms with E-state index in [1.807, 2.05) is 18.2 Å². The summed E-state index contributed by atoms with van der Waals surface area (Å²) in [5, 5.41) is 7.72. The number of nitrogens with zero attached hydrogens (tertiary/aromatic N) is 3. The molecule has 0 N–H and O–H groups in total. The second kappa shape index (κ2) is 2.85. The van der Waals surface area contributed by atoms with E-state index < -0.39 is 0 Å². The SMILES string of the molecule is CCc1ccc2nnccc2n1. The van der Waals surface area contributed by atoms with E-state index in [0.717, 1.165) is 23.1 Å². The van der Waals surface area contributed by atoms with Crippen LogP contribution in [0.2, 0.25) is 0 Å². The molecule has 0 saturated heterocycles. The third kappa shape index (κ3) is 1.13. The molecule has 2 aromatic rings. The molecule has 3 heteroatoms. The molecule has 60 valence electrons. The van der Waals surface area contributed by atoms with E-state index in [4.69, 9.17) is 0 Å². The molecule has 0 atom stereocenters. The third-order valence-corrected chi connectivity index (χ3v) is 1.79. The Morgan fingerprint density at radius 1 is 1.17 bits per heavy atom. The molecule has 0 radical (unpaired) electrons. The van der Waals surface area contributed by atoms with Crippen molar-refractivity contribution in [3.05, 3.63) is 30.1 Å². The van der Waals surface area contributed by atoms with Crippen LogP contribution >= 0.6 is 0 Å². The number of aromatic nitrogens is 3. The number of hydrogen-bond acceptors (Lipinski definition) is 3. The number of pyridine rings is 1. The van der Waals surface area contributed by atoms with E-state index >= 15 is 0 Å². The van der Waals surface area contributed by atoms with Crippen LogP contribution in [0, 0.1) is 0 Å². The summed E-state index contributed by atoms with van der Waals surface area (Å²) in [7, 11) is 0. The van der Waals surface area contributed by atoms with E-state index in [0.29, 0.717) is 0 Å². The van der Waals surface area contributed by atoms with Crippen molar-refractivity contribution in [3.8, 4) is 0 Å². The predicted octanol–water partition coefficient (Wildman–Crippen LogP) is 1.59. The molecule has 2 rings (SSSR count). The summed E-state index contributed by atoms with van der Waals surface area (Å²) in [4.78, 5) is 4.39. The Morgan fingerprint density at radius 2 is 2.08 bits per heavy atom. The fourth-order valence-electron chi connectivity index (χ4n) is 1.11. The highest BCUT2D eigenvalue weighted by Crippen LogP contribution is 2.07.